The molecule has 3 heteroatoms. The molecule has 0 saturated carbocycles. The number of allylic oxidation sites excluding steroid dienone is 4. The first kappa shape index (κ1) is 37.8. The Balaban J connectivity index is 1.08. The molecule has 2 heterocycles. The fraction of sp³-hybridized carbons (Fsp3) is 0.0769. The minimum atomic E-state index is -0.676. The van der Waals surface area contributed by atoms with Gasteiger partial charge in [0, 0.05) is 27.5 Å². The van der Waals surface area contributed by atoms with Crippen molar-refractivity contribution in [1.82, 2.24) is 9.97 Å². The zero-order chi connectivity index (χ0) is 44.7. The molecule has 0 saturated heterocycles. The molecule has 68 heavy (non-hydrogen) atoms. The highest BCUT2D eigenvalue weighted by Gasteiger charge is 2.60. The number of fused-ring (bicyclic) bond motifs is 19. The number of nitrogens with zero attached hydrogens (tertiary/aromatic N) is 2. The summed E-state index contributed by atoms with van der Waals surface area (Å²) in [6.45, 7) is 2.38. The minimum absolute atomic E-state index is 0.350. The van der Waals surface area contributed by atoms with Crippen molar-refractivity contribution in [2.75, 3.05) is 0 Å². The van der Waals surface area contributed by atoms with Gasteiger partial charge in [-0.3, -0.25) is 0 Å². The number of para-hydroxylation sites is 1. The second-order valence-corrected chi connectivity index (χ2v) is 19.2. The van der Waals surface area contributed by atoms with Crippen molar-refractivity contribution < 1.29 is 4.42 Å². The van der Waals surface area contributed by atoms with Gasteiger partial charge in [-0.2, -0.15) is 0 Å². The Labute approximate surface area is 394 Å². The summed E-state index contributed by atoms with van der Waals surface area (Å²) in [7, 11) is 0. The van der Waals surface area contributed by atoms with Crippen LogP contribution in [0.5, 0.6) is 0 Å². The molecule has 0 fully saturated rings. The molecule has 4 aliphatic rings. The summed E-state index contributed by atoms with van der Waals surface area (Å²) in [5, 5.41) is 4.58. The van der Waals surface area contributed by atoms with E-state index in [1.54, 1.807) is 0 Å². The molecule has 318 valence electrons. The van der Waals surface area contributed by atoms with E-state index in [0.29, 0.717) is 11.7 Å². The molecular formula is C65H42N2O. The normalized spacial score (nSPS) is 17.9. The average molecular weight is 867 g/mol. The van der Waals surface area contributed by atoms with E-state index < -0.39 is 10.8 Å². The van der Waals surface area contributed by atoms with E-state index in [2.05, 4.69) is 225 Å². The smallest absolute Gasteiger partial charge is 0.160 e. The van der Waals surface area contributed by atoms with Crippen LogP contribution in [0.1, 0.15) is 46.7 Å². The van der Waals surface area contributed by atoms with Gasteiger partial charge in [0.05, 0.1) is 22.2 Å². The Morgan fingerprint density at radius 2 is 1.09 bits per heavy atom. The number of hydrogen-bond acceptors (Lipinski definition) is 3. The molecule has 11 aromatic rings. The lowest BCUT2D eigenvalue weighted by molar-refractivity contribution is 0.549. The quantitative estimate of drug-likeness (QED) is 0.178. The van der Waals surface area contributed by atoms with E-state index >= 15 is 0 Å². The monoisotopic (exact) mass is 866 g/mol. The first-order chi connectivity index (χ1) is 33.6. The number of hydrogen-bond donors (Lipinski definition) is 0. The number of benzene rings is 9. The molecule has 2 atom stereocenters. The summed E-state index contributed by atoms with van der Waals surface area (Å²) < 4.78 is 6.86. The highest BCUT2D eigenvalue weighted by atomic mass is 16.3. The maximum Gasteiger partial charge on any atom is 0.160 e. The average Bonchev–Trinajstić information content (AvgIpc) is 4.02. The zero-order valence-electron chi connectivity index (χ0n) is 37.4. The molecule has 2 unspecified atom stereocenters. The molecule has 0 aliphatic heterocycles. The fourth-order valence-electron chi connectivity index (χ4n) is 13.0. The van der Waals surface area contributed by atoms with E-state index in [0.717, 1.165) is 61.8 Å². The van der Waals surface area contributed by atoms with E-state index in [9.17, 15) is 0 Å². The third-order valence-corrected chi connectivity index (χ3v) is 15.7. The van der Waals surface area contributed by atoms with Crippen LogP contribution in [-0.4, -0.2) is 9.97 Å². The molecule has 0 amide bonds. The highest BCUT2D eigenvalue weighted by molar-refractivity contribution is 6.10. The van der Waals surface area contributed by atoms with Gasteiger partial charge in [0.15, 0.2) is 5.82 Å². The van der Waals surface area contributed by atoms with Gasteiger partial charge in [0.25, 0.3) is 0 Å². The van der Waals surface area contributed by atoms with E-state index in [-0.39, 0.29) is 0 Å². The lowest BCUT2D eigenvalue weighted by Crippen LogP contribution is -2.45. The molecule has 4 aliphatic carbocycles. The van der Waals surface area contributed by atoms with Gasteiger partial charge in [-0.1, -0.05) is 195 Å². The number of furan rings is 1. The van der Waals surface area contributed by atoms with E-state index in [1.165, 1.54) is 72.2 Å². The van der Waals surface area contributed by atoms with Crippen LogP contribution in [0.15, 0.2) is 234 Å². The Kier molecular flexibility index (Phi) is 7.68. The standard InChI is InChI=1S/C65H42N2O/c1-39-30-33-54-57(34-39)64(50-24-10-7-20-44(50)45-21-8-11-25-51(45)64)52-26-12-13-27-53(52)65(54)55-28-15-23-47(62(55)49-36-48-46-22-9-14-29-60(46)68-61(48)37-56(49)65)59-38-58(41-17-3-2-4-18-41)66-63(67-59)43-32-31-40-16-5-6-19-42(40)35-43/h2-33,35-39H,34H2,1H3. The largest absolute Gasteiger partial charge is 0.456 e. The molecule has 0 radical (unpaired) electrons. The molecule has 2 aromatic heterocycles. The second kappa shape index (κ2) is 13.8. The van der Waals surface area contributed by atoms with Crippen LogP contribution in [0, 0.1) is 5.92 Å². The molecular weight excluding hydrogens is 825 g/mol. The summed E-state index contributed by atoms with van der Waals surface area (Å²) in [6, 6.07) is 75.8. The first-order valence-electron chi connectivity index (χ1n) is 23.9. The summed E-state index contributed by atoms with van der Waals surface area (Å²) in [4.78, 5) is 10.9. The van der Waals surface area contributed by atoms with Gasteiger partial charge < -0.3 is 4.42 Å². The Hall–Kier alpha value is -8.40. The maximum atomic E-state index is 6.86. The molecule has 0 N–H and O–H groups in total. The van der Waals surface area contributed by atoms with Crippen LogP contribution in [0.4, 0.5) is 0 Å². The zero-order valence-corrected chi connectivity index (χ0v) is 37.4. The van der Waals surface area contributed by atoms with Crippen LogP contribution in [0.3, 0.4) is 0 Å². The van der Waals surface area contributed by atoms with Crippen molar-refractivity contribution in [3.8, 4) is 56.2 Å². The Morgan fingerprint density at radius 3 is 1.90 bits per heavy atom. The predicted molar refractivity (Wildman–Crippen MR) is 277 cm³/mol. The molecule has 3 nitrogen and oxygen atoms in total. The van der Waals surface area contributed by atoms with Crippen molar-refractivity contribution >= 4 is 32.7 Å². The van der Waals surface area contributed by atoms with E-state index in [4.69, 9.17) is 14.4 Å². The molecule has 0 bridgehead atoms. The number of rotatable bonds is 3. The van der Waals surface area contributed by atoms with Gasteiger partial charge in [0.1, 0.15) is 11.2 Å². The SMILES string of the molecule is CC1C=CC2=C(C1)C1(c3ccccc3-c3ccccc31)c1ccccc1C21c2cc3oc4ccccc4c3cc2-c2c(-c3cc(-c4ccccc4)nc(-c4ccc5ccccc5c4)n3)cccc21. The summed E-state index contributed by atoms with van der Waals surface area (Å²) >= 11 is 0. The minimum Gasteiger partial charge on any atom is -0.456 e. The Bertz CT molecular complexity index is 3990. The van der Waals surface area contributed by atoms with Gasteiger partial charge in [0.2, 0.25) is 0 Å². The molecule has 15 rings (SSSR count). The van der Waals surface area contributed by atoms with E-state index in [1.807, 2.05) is 0 Å². The predicted octanol–water partition coefficient (Wildman–Crippen LogP) is 16.1. The highest BCUT2D eigenvalue weighted by Crippen LogP contribution is 2.70. The summed E-state index contributed by atoms with van der Waals surface area (Å²) in [6.07, 6.45) is 5.90. The first-order valence-corrected chi connectivity index (χ1v) is 23.9. The van der Waals surface area contributed by atoms with Gasteiger partial charge in [-0.25, -0.2) is 9.97 Å². The lowest BCUT2D eigenvalue weighted by atomic mass is 9.50. The summed E-state index contributed by atoms with van der Waals surface area (Å²) in [5.74, 6) is 1.05. The second-order valence-electron chi connectivity index (χ2n) is 19.2. The van der Waals surface area contributed by atoms with Crippen molar-refractivity contribution in [3.63, 3.8) is 0 Å². The molecule has 9 aromatic carbocycles. The lowest BCUT2D eigenvalue weighted by Gasteiger charge is -2.51. The Morgan fingerprint density at radius 1 is 0.441 bits per heavy atom. The van der Waals surface area contributed by atoms with Gasteiger partial charge in [-0.15, -0.1) is 0 Å². The summed E-state index contributed by atoms with van der Waals surface area (Å²) in [5.41, 5.74) is 21.3. The number of aromatic nitrogens is 2. The van der Waals surface area contributed by atoms with Gasteiger partial charge >= 0.3 is 0 Å². The van der Waals surface area contributed by atoms with Crippen LogP contribution >= 0.6 is 0 Å². The molecule has 2 spiro atoms. The third-order valence-electron chi connectivity index (χ3n) is 15.7. The van der Waals surface area contributed by atoms with Crippen LogP contribution in [-0.2, 0) is 10.8 Å². The van der Waals surface area contributed by atoms with Crippen LogP contribution in [0.2, 0.25) is 0 Å². The third kappa shape index (κ3) is 4.87. The van der Waals surface area contributed by atoms with Crippen molar-refractivity contribution in [1.29, 1.82) is 0 Å². The van der Waals surface area contributed by atoms with Crippen LogP contribution in [0.25, 0.3) is 88.9 Å². The van der Waals surface area contributed by atoms with Crippen LogP contribution < -0.4 is 0 Å². The fourth-order valence-corrected chi connectivity index (χ4v) is 13.0. The topological polar surface area (TPSA) is 38.9 Å². The van der Waals surface area contributed by atoms with Gasteiger partial charge in [-0.05, 0) is 120 Å². The van der Waals surface area contributed by atoms with Crippen molar-refractivity contribution in [2.45, 2.75) is 24.2 Å². The maximum absolute atomic E-state index is 6.86. The van der Waals surface area contributed by atoms with Crippen molar-refractivity contribution in [3.05, 3.63) is 263 Å². The van der Waals surface area contributed by atoms with Crippen molar-refractivity contribution in [2.24, 2.45) is 5.92 Å².